The molecule has 0 spiro atoms. The number of hydrogen-bond acceptors (Lipinski definition) is 1. The largest absolute Gasteiger partial charge is 0.495 e. The van der Waals surface area contributed by atoms with Crippen molar-refractivity contribution >= 4 is 26.5 Å². The highest BCUT2D eigenvalue weighted by Crippen LogP contribution is 2.63. The van der Waals surface area contributed by atoms with Crippen LogP contribution in [0.15, 0.2) is 30.3 Å². The van der Waals surface area contributed by atoms with Crippen LogP contribution in [0.3, 0.4) is 0 Å². The maximum Gasteiger partial charge on any atom is 0.135 e. The molecule has 0 aliphatic heterocycles. The quantitative estimate of drug-likeness (QED) is 0.138. The zero-order chi connectivity index (χ0) is 46.7. The van der Waals surface area contributed by atoms with Gasteiger partial charge in [0.25, 0.3) is 0 Å². The molecule has 0 heterocycles. The lowest BCUT2D eigenvalue weighted by Crippen LogP contribution is -2.34. The number of hydrogen-bond donors (Lipinski definition) is 0. The van der Waals surface area contributed by atoms with Gasteiger partial charge >= 0.3 is 0 Å². The first-order chi connectivity index (χ1) is 31.2. The fraction of sp³-hybridized carbons (Fsp3) is 0.705. The van der Waals surface area contributed by atoms with E-state index in [4.69, 9.17) is 4.74 Å². The van der Waals surface area contributed by atoms with Crippen molar-refractivity contribution in [3.63, 3.8) is 0 Å². The minimum absolute atomic E-state index is 0.336. The summed E-state index contributed by atoms with van der Waals surface area (Å²) >= 11 is 0. The zero-order valence-corrected chi connectivity index (χ0v) is 45.3. The summed E-state index contributed by atoms with van der Waals surface area (Å²) in [5, 5.41) is 3.14. The lowest BCUT2D eigenvalue weighted by Gasteiger charge is -2.44. The van der Waals surface area contributed by atoms with E-state index in [0.29, 0.717) is 58.1 Å². The summed E-state index contributed by atoms with van der Waals surface area (Å²) in [5.41, 5.74) is 17.0. The molecule has 4 fully saturated rings. The molecule has 3 aromatic carbocycles. The number of methoxy groups -OCH3 is 1. The Morgan fingerprint density at radius 3 is 0.859 bits per heavy atom. The molecule has 0 aromatic heterocycles. The Morgan fingerprint density at radius 1 is 0.406 bits per heavy atom. The normalized spacial score (nSPS) is 19.5. The van der Waals surface area contributed by atoms with Crippen LogP contribution in [-0.4, -0.2) is 29.7 Å². The van der Waals surface area contributed by atoms with Gasteiger partial charge in [-0.05, 0) is 171 Å². The number of ether oxygens (including phenoxy) is 1. The van der Waals surface area contributed by atoms with E-state index in [9.17, 15) is 1.37 Å². The summed E-state index contributed by atoms with van der Waals surface area (Å²) in [6, 6.07) is 11.2. The van der Waals surface area contributed by atoms with Crippen molar-refractivity contribution in [2.75, 3.05) is 7.11 Å². The molecule has 3 aromatic rings. The lowest BCUT2D eigenvalue weighted by atomic mass is 9.79. The first-order valence-electron chi connectivity index (χ1n) is 27.8. The molecule has 1 nitrogen and oxygen atoms in total. The molecule has 3 heteroatoms. The molecule has 64 heavy (non-hydrogen) atoms. The van der Waals surface area contributed by atoms with E-state index in [-0.39, 0.29) is 0 Å². The van der Waals surface area contributed by atoms with Gasteiger partial charge in [0.1, 0.15) is 5.75 Å². The monoisotopic (exact) mass is 906 g/mol. The van der Waals surface area contributed by atoms with Crippen molar-refractivity contribution in [1.82, 2.24) is 0 Å². The van der Waals surface area contributed by atoms with Gasteiger partial charge in [-0.2, -0.15) is 0 Å². The van der Waals surface area contributed by atoms with E-state index < -0.39 is 15.8 Å². The Bertz CT molecular complexity index is 1800. The predicted octanol–water partition coefficient (Wildman–Crippen LogP) is 19.3. The third-order valence-electron chi connectivity index (χ3n) is 16.5. The average Bonchev–Trinajstić information content (AvgIpc) is 3.30. The van der Waals surface area contributed by atoms with Gasteiger partial charge in [0.05, 0.1) is 8.48 Å². The Balaban J connectivity index is 1.78. The van der Waals surface area contributed by atoms with Gasteiger partial charge in [0.2, 0.25) is 0 Å². The third kappa shape index (κ3) is 10.8. The number of rotatable bonds is 15. The van der Waals surface area contributed by atoms with Crippen LogP contribution in [0.4, 0.5) is 0 Å². The fourth-order valence-electron chi connectivity index (χ4n) is 12.9. The molecule has 0 bridgehead atoms. The maximum absolute atomic E-state index is 11.7. The highest BCUT2D eigenvalue weighted by molar-refractivity contribution is 7.69. The van der Waals surface area contributed by atoms with E-state index in [1.165, 1.54) is 190 Å². The molecule has 0 atom stereocenters. The summed E-state index contributed by atoms with van der Waals surface area (Å²) in [6.45, 7) is 29.1. The van der Waals surface area contributed by atoms with Gasteiger partial charge in [-0.25, -0.2) is 0 Å². The average molecular weight is 906 g/mol. The molecule has 0 N–H and O–H groups in total. The molecule has 354 valence electrons. The van der Waals surface area contributed by atoms with Crippen molar-refractivity contribution in [3.8, 4) is 28.0 Å². The maximum atomic E-state index is 11.7. The SMILES string of the molecule is [2H]c1c(-c2c(C(C)C)cc(C(C)C)cc2C(C)C)c(P(C2CCCCC2)C2CCCCC2)c(OC)c(P(C2CCCCC2)C2CCCCC2)c1-c1c(C(C)C)cc(C(C)C)cc1C(C)C. The Morgan fingerprint density at radius 2 is 0.656 bits per heavy atom. The summed E-state index contributed by atoms with van der Waals surface area (Å²) in [7, 11) is 0.887. The second-order valence-electron chi connectivity index (χ2n) is 23.2. The van der Waals surface area contributed by atoms with Crippen molar-refractivity contribution < 1.29 is 6.11 Å². The van der Waals surface area contributed by atoms with Gasteiger partial charge in [-0.1, -0.05) is 200 Å². The second kappa shape index (κ2) is 22.6. The zero-order valence-electron chi connectivity index (χ0n) is 44.5. The summed E-state index contributed by atoms with van der Waals surface area (Å²) in [4.78, 5) is 0. The predicted molar refractivity (Wildman–Crippen MR) is 289 cm³/mol. The molecule has 4 aliphatic carbocycles. The van der Waals surface area contributed by atoms with Crippen LogP contribution in [-0.2, 0) is 0 Å². The summed E-state index contributed by atoms with van der Waals surface area (Å²) < 4.78 is 19.3. The summed E-state index contributed by atoms with van der Waals surface area (Å²) in [6.07, 6.45) is 27.2. The number of benzene rings is 3. The van der Waals surface area contributed by atoms with E-state index in [2.05, 4.69) is 114 Å². The van der Waals surface area contributed by atoms with Crippen molar-refractivity contribution in [2.24, 2.45) is 0 Å². The van der Waals surface area contributed by atoms with Crippen LogP contribution in [0.1, 0.15) is 282 Å². The van der Waals surface area contributed by atoms with Gasteiger partial charge in [-0.15, -0.1) is 0 Å². The van der Waals surface area contributed by atoms with Crippen LogP contribution in [0.2, 0.25) is 0 Å². The minimum Gasteiger partial charge on any atom is -0.495 e. The molecule has 0 amide bonds. The van der Waals surface area contributed by atoms with Crippen LogP contribution in [0.5, 0.6) is 5.75 Å². The molecule has 0 saturated heterocycles. The van der Waals surface area contributed by atoms with Gasteiger partial charge in [-0.3, -0.25) is 0 Å². The Kier molecular flexibility index (Phi) is 17.2. The molecule has 0 unspecified atom stereocenters. The van der Waals surface area contributed by atoms with Gasteiger partial charge in [0, 0.05) is 10.6 Å². The van der Waals surface area contributed by atoms with E-state index in [0.717, 1.165) is 6.04 Å². The van der Waals surface area contributed by atoms with E-state index >= 15 is 0 Å². The van der Waals surface area contributed by atoms with E-state index in [1.807, 2.05) is 0 Å². The Labute approximate surface area is 399 Å². The highest BCUT2D eigenvalue weighted by Gasteiger charge is 2.43. The molecular weight excluding hydrogens is 811 g/mol. The van der Waals surface area contributed by atoms with Crippen LogP contribution >= 0.6 is 15.8 Å². The minimum atomic E-state index is -0.609. The van der Waals surface area contributed by atoms with E-state index in [1.54, 1.807) is 10.6 Å². The fourth-order valence-corrected chi connectivity index (χ4v) is 21.0. The molecule has 4 aliphatic rings. The van der Waals surface area contributed by atoms with Crippen LogP contribution in [0.25, 0.3) is 22.3 Å². The van der Waals surface area contributed by atoms with Crippen molar-refractivity contribution in [2.45, 2.75) is 270 Å². The van der Waals surface area contributed by atoms with Gasteiger partial charge in [0.15, 0.2) is 0 Å². The van der Waals surface area contributed by atoms with Crippen LogP contribution in [0, 0.1) is 0 Å². The van der Waals surface area contributed by atoms with Gasteiger partial charge < -0.3 is 4.74 Å². The van der Waals surface area contributed by atoms with Crippen molar-refractivity contribution in [1.29, 1.82) is 0 Å². The molecule has 0 radical (unpaired) electrons. The summed E-state index contributed by atoms with van der Waals surface area (Å²) in [5.74, 6) is 3.53. The first-order valence-corrected chi connectivity index (χ1v) is 30.3. The van der Waals surface area contributed by atoms with Crippen LogP contribution < -0.4 is 15.3 Å². The molecular formula is C61H94OP2. The lowest BCUT2D eigenvalue weighted by molar-refractivity contribution is 0.420. The molecule has 7 rings (SSSR count). The standard InChI is InChI=1S/C61H94OP2/c1-39(2)45-34-51(41(5)6)57(52(35-45)42(7)8)55-38-56(58-53(43(9)10)36-46(40(3)4)37-54(58)44(11)12)61(64(49-30-22-16-23-31-49)50-32-24-17-25-33-50)59(62-13)60(55)63(47-26-18-14-19-27-47)48-28-20-15-21-29-48/h34-44,47-50H,14-33H2,1-13H3/i38D. The second-order valence-corrected chi connectivity index (χ2v) is 28.6. The third-order valence-corrected chi connectivity index (χ3v) is 23.6. The topological polar surface area (TPSA) is 9.23 Å². The highest BCUT2D eigenvalue weighted by atomic mass is 31.1. The van der Waals surface area contributed by atoms with Crippen molar-refractivity contribution in [3.05, 3.63) is 63.7 Å². The molecule has 4 saturated carbocycles. The first kappa shape index (κ1) is 48.8. The Hall–Kier alpha value is -1.68. The smallest absolute Gasteiger partial charge is 0.135 e.